The zero-order valence-electron chi connectivity index (χ0n) is 10.3. The summed E-state index contributed by atoms with van der Waals surface area (Å²) in [5.74, 6) is 1.31. The normalized spacial score (nSPS) is 25.9. The molecule has 0 aromatic carbocycles. The maximum Gasteiger partial charge on any atom is 0.00454 e. The summed E-state index contributed by atoms with van der Waals surface area (Å²) in [5, 5.41) is 2.17. The standard InChI is InChI=1S/C13H22S4/c1-2-4-6-8-10-12-14-16-17-15-13-11-9-7-5-3-1/h6,8,10,12H,1-5,7,9,11,13H2/b8-6+,12-10-. The van der Waals surface area contributed by atoms with Gasteiger partial charge in [0.1, 0.15) is 0 Å². The van der Waals surface area contributed by atoms with Crippen molar-refractivity contribution in [3.05, 3.63) is 23.6 Å². The quantitative estimate of drug-likeness (QED) is 0.448. The van der Waals surface area contributed by atoms with E-state index in [1.807, 2.05) is 41.2 Å². The van der Waals surface area contributed by atoms with Gasteiger partial charge >= 0.3 is 0 Å². The molecule has 1 rings (SSSR count). The second-order valence-corrected chi connectivity index (χ2v) is 10.0. The van der Waals surface area contributed by atoms with Crippen LogP contribution in [0.1, 0.15) is 51.4 Å². The third-order valence-corrected chi connectivity index (χ3v) is 8.65. The Kier molecular flexibility index (Phi) is 12.5. The molecule has 0 aliphatic carbocycles. The van der Waals surface area contributed by atoms with Crippen molar-refractivity contribution in [1.29, 1.82) is 0 Å². The largest absolute Gasteiger partial charge is 0.0845 e. The summed E-state index contributed by atoms with van der Waals surface area (Å²) in [7, 11) is 7.60. The molecule has 17 heavy (non-hydrogen) atoms. The van der Waals surface area contributed by atoms with Crippen LogP contribution in [0.25, 0.3) is 0 Å². The molecule has 0 nitrogen and oxygen atoms in total. The van der Waals surface area contributed by atoms with Crippen molar-refractivity contribution in [2.75, 3.05) is 5.75 Å². The molecule has 0 unspecified atom stereocenters. The van der Waals surface area contributed by atoms with E-state index in [0.717, 1.165) is 0 Å². The van der Waals surface area contributed by atoms with Gasteiger partial charge in [0.05, 0.1) is 0 Å². The minimum atomic E-state index is 1.24. The van der Waals surface area contributed by atoms with Gasteiger partial charge in [0.2, 0.25) is 0 Å². The third-order valence-electron chi connectivity index (χ3n) is 2.59. The van der Waals surface area contributed by atoms with Crippen molar-refractivity contribution in [2.24, 2.45) is 0 Å². The van der Waals surface area contributed by atoms with Crippen molar-refractivity contribution < 1.29 is 0 Å². The molecule has 0 radical (unpaired) electrons. The Hall–Kier alpha value is 0.880. The molecule has 1 aliphatic rings. The second kappa shape index (κ2) is 13.3. The molecule has 4 heteroatoms. The highest BCUT2D eigenvalue weighted by Crippen LogP contribution is 2.43. The van der Waals surface area contributed by atoms with E-state index in [1.165, 1.54) is 57.1 Å². The Morgan fingerprint density at radius 1 is 0.706 bits per heavy atom. The van der Waals surface area contributed by atoms with Crippen molar-refractivity contribution >= 4 is 41.2 Å². The van der Waals surface area contributed by atoms with Gasteiger partial charge in [0.25, 0.3) is 0 Å². The molecular weight excluding hydrogens is 284 g/mol. The van der Waals surface area contributed by atoms with Crippen LogP contribution in [0.5, 0.6) is 0 Å². The number of hydrogen-bond donors (Lipinski definition) is 0. The van der Waals surface area contributed by atoms with Gasteiger partial charge in [0.15, 0.2) is 0 Å². The van der Waals surface area contributed by atoms with Crippen LogP contribution in [0.4, 0.5) is 0 Å². The molecule has 0 amide bonds. The molecule has 0 saturated carbocycles. The molecule has 0 aromatic rings. The zero-order chi connectivity index (χ0) is 12.0. The van der Waals surface area contributed by atoms with E-state index in [2.05, 4.69) is 23.6 Å². The van der Waals surface area contributed by atoms with Gasteiger partial charge in [-0.15, -0.1) is 0 Å². The van der Waals surface area contributed by atoms with Gasteiger partial charge < -0.3 is 0 Å². The lowest BCUT2D eigenvalue weighted by atomic mass is 10.1. The van der Waals surface area contributed by atoms with E-state index in [4.69, 9.17) is 0 Å². The van der Waals surface area contributed by atoms with Crippen LogP contribution < -0.4 is 0 Å². The predicted octanol–water partition coefficient (Wildman–Crippen LogP) is 6.87. The lowest BCUT2D eigenvalue weighted by Gasteiger charge is -2.01. The van der Waals surface area contributed by atoms with Crippen molar-refractivity contribution in [3.8, 4) is 0 Å². The smallest absolute Gasteiger partial charge is 0.00454 e. The molecule has 0 bridgehead atoms. The van der Waals surface area contributed by atoms with Crippen LogP contribution in [-0.4, -0.2) is 5.75 Å². The van der Waals surface area contributed by atoms with Crippen LogP contribution >= 0.6 is 41.2 Å². The van der Waals surface area contributed by atoms with E-state index >= 15 is 0 Å². The summed E-state index contributed by atoms with van der Waals surface area (Å²) in [4.78, 5) is 0. The minimum Gasteiger partial charge on any atom is -0.0845 e. The number of rotatable bonds is 0. The molecule has 1 heterocycles. The van der Waals surface area contributed by atoms with Gasteiger partial charge in [0, 0.05) is 5.75 Å². The second-order valence-electron chi connectivity index (χ2n) is 4.07. The lowest BCUT2D eigenvalue weighted by molar-refractivity contribution is 0.593. The highest BCUT2D eigenvalue weighted by molar-refractivity contribution is 9.26. The van der Waals surface area contributed by atoms with Crippen LogP contribution in [-0.2, 0) is 0 Å². The fourth-order valence-corrected chi connectivity index (χ4v) is 7.00. The lowest BCUT2D eigenvalue weighted by Crippen LogP contribution is -1.81. The van der Waals surface area contributed by atoms with E-state index < -0.39 is 0 Å². The molecule has 0 aromatic heterocycles. The van der Waals surface area contributed by atoms with E-state index in [0.29, 0.717) is 0 Å². The van der Waals surface area contributed by atoms with Gasteiger partial charge in [-0.05, 0) is 44.3 Å². The molecule has 0 atom stereocenters. The van der Waals surface area contributed by atoms with E-state index in [-0.39, 0.29) is 0 Å². The highest BCUT2D eigenvalue weighted by Gasteiger charge is 1.94. The molecule has 98 valence electrons. The maximum atomic E-state index is 2.29. The SMILES string of the molecule is C1=C\SSSSCCCCCCCCC/C=C/1. The van der Waals surface area contributed by atoms with Gasteiger partial charge in [-0.25, -0.2) is 0 Å². The van der Waals surface area contributed by atoms with Crippen molar-refractivity contribution in [1.82, 2.24) is 0 Å². The predicted molar refractivity (Wildman–Crippen MR) is 90.4 cm³/mol. The first-order valence-corrected chi connectivity index (χ1v) is 11.5. The molecule has 0 N–H and O–H groups in total. The average molecular weight is 307 g/mol. The Morgan fingerprint density at radius 2 is 1.47 bits per heavy atom. The van der Waals surface area contributed by atoms with Crippen LogP contribution in [0.2, 0.25) is 0 Å². The topological polar surface area (TPSA) is 0 Å². The summed E-state index contributed by atoms with van der Waals surface area (Å²) < 4.78 is 0. The Labute approximate surface area is 121 Å². The first-order chi connectivity index (χ1) is 8.50. The van der Waals surface area contributed by atoms with Gasteiger partial charge in [-0.2, -0.15) is 0 Å². The molecule has 1 aliphatic heterocycles. The summed E-state index contributed by atoms with van der Waals surface area (Å²) in [6.07, 6.45) is 17.7. The van der Waals surface area contributed by atoms with E-state index in [9.17, 15) is 0 Å². The molecular formula is C13H22S4. The van der Waals surface area contributed by atoms with Crippen LogP contribution in [0.3, 0.4) is 0 Å². The van der Waals surface area contributed by atoms with Gasteiger partial charge in [-0.3, -0.25) is 0 Å². The Morgan fingerprint density at radius 3 is 2.35 bits per heavy atom. The summed E-state index contributed by atoms with van der Waals surface area (Å²) >= 11 is 0. The Bertz CT molecular complexity index is 191. The summed E-state index contributed by atoms with van der Waals surface area (Å²) in [6, 6.07) is 0. The van der Waals surface area contributed by atoms with Crippen molar-refractivity contribution in [2.45, 2.75) is 51.4 Å². The first-order valence-electron chi connectivity index (χ1n) is 6.43. The zero-order valence-corrected chi connectivity index (χ0v) is 13.6. The fourth-order valence-electron chi connectivity index (χ4n) is 1.65. The van der Waals surface area contributed by atoms with Crippen LogP contribution in [0, 0.1) is 0 Å². The number of hydrogen-bond acceptors (Lipinski definition) is 4. The van der Waals surface area contributed by atoms with E-state index in [1.54, 1.807) is 0 Å². The number of allylic oxidation sites excluding steroid dienone is 3. The molecule has 0 fully saturated rings. The summed E-state index contributed by atoms with van der Waals surface area (Å²) in [6.45, 7) is 0. The third kappa shape index (κ3) is 11.7. The fraction of sp³-hybridized carbons (Fsp3) is 0.692. The monoisotopic (exact) mass is 306 g/mol. The first kappa shape index (κ1) is 15.9. The minimum absolute atomic E-state index is 1.24. The van der Waals surface area contributed by atoms with Crippen LogP contribution in [0.15, 0.2) is 23.6 Å². The molecule has 0 saturated heterocycles. The Balaban J connectivity index is 2.13. The summed E-state index contributed by atoms with van der Waals surface area (Å²) in [5.41, 5.74) is 0. The maximum absolute atomic E-state index is 2.29. The highest BCUT2D eigenvalue weighted by atomic mass is 33.7. The average Bonchev–Trinajstić information content (AvgIpc) is 2.35. The van der Waals surface area contributed by atoms with Crippen molar-refractivity contribution in [3.63, 3.8) is 0 Å². The van der Waals surface area contributed by atoms with Gasteiger partial charge in [-0.1, -0.05) is 71.9 Å². The molecule has 0 spiro atoms.